The molecule has 8 nitrogen and oxygen atoms in total. The molecule has 0 bridgehead atoms. The van der Waals surface area contributed by atoms with E-state index >= 15 is 0 Å². The van der Waals surface area contributed by atoms with E-state index in [1.807, 2.05) is 26.1 Å². The van der Waals surface area contributed by atoms with Gasteiger partial charge in [0.05, 0.1) is 11.9 Å². The number of nitrogens with one attached hydrogen (secondary N) is 1. The maximum Gasteiger partial charge on any atom is 0.211 e. The van der Waals surface area contributed by atoms with Crippen molar-refractivity contribution >= 4 is 32.4 Å². The molecule has 0 radical (unpaired) electrons. The quantitative estimate of drug-likeness (QED) is 0.306. The highest BCUT2D eigenvalue weighted by molar-refractivity contribution is 7.88. The highest BCUT2D eigenvalue weighted by Gasteiger charge is 2.30. The first kappa shape index (κ1) is 30.0. The van der Waals surface area contributed by atoms with E-state index < -0.39 is 10.0 Å². The molecule has 0 amide bonds. The number of hydrogen-bond donors (Lipinski definition) is 1. The van der Waals surface area contributed by atoms with Crippen LogP contribution in [-0.2, 0) is 23.0 Å². The van der Waals surface area contributed by atoms with E-state index in [2.05, 4.69) is 72.8 Å². The normalized spacial score (nSPS) is 16.0. The lowest BCUT2D eigenvalue weighted by molar-refractivity contribution is 0.386. The highest BCUT2D eigenvalue weighted by atomic mass is 32.2. The molecule has 2 aliphatic rings. The van der Waals surface area contributed by atoms with Gasteiger partial charge in [0.2, 0.25) is 10.0 Å². The molecule has 42 heavy (non-hydrogen) atoms. The van der Waals surface area contributed by atoms with Crippen LogP contribution < -0.4 is 9.80 Å². The maximum absolute atomic E-state index is 12.2. The molecular weight excluding hydrogens is 544 g/mol. The Morgan fingerprint density at radius 1 is 0.905 bits per heavy atom. The van der Waals surface area contributed by atoms with Crippen LogP contribution in [0.3, 0.4) is 0 Å². The minimum absolute atomic E-state index is 0.457. The Morgan fingerprint density at radius 3 is 2.33 bits per heavy atom. The van der Waals surface area contributed by atoms with E-state index in [4.69, 9.17) is 9.97 Å². The van der Waals surface area contributed by atoms with Gasteiger partial charge < -0.3 is 14.8 Å². The molecule has 2 aromatic carbocycles. The molecule has 0 atom stereocenters. The van der Waals surface area contributed by atoms with Gasteiger partial charge in [-0.3, -0.25) is 0 Å². The van der Waals surface area contributed by atoms with Gasteiger partial charge in [0.1, 0.15) is 5.82 Å². The van der Waals surface area contributed by atoms with E-state index in [1.165, 1.54) is 28.6 Å². The number of fused-ring (bicyclic) bond motifs is 2. The summed E-state index contributed by atoms with van der Waals surface area (Å²) in [5.74, 6) is 2.13. The van der Waals surface area contributed by atoms with Crippen LogP contribution in [0.25, 0.3) is 22.3 Å². The number of H-pyrrole nitrogens is 1. The number of aryl methyl sites for hydroxylation is 2. The van der Waals surface area contributed by atoms with Crippen molar-refractivity contribution in [1.29, 1.82) is 0 Å². The molecule has 0 aliphatic carbocycles. The summed E-state index contributed by atoms with van der Waals surface area (Å²) in [4.78, 5) is 18.5. The second kappa shape index (κ2) is 12.1. The van der Waals surface area contributed by atoms with Crippen molar-refractivity contribution in [3.63, 3.8) is 0 Å². The fourth-order valence-electron chi connectivity index (χ4n) is 6.08. The number of aromatic amines is 1. The molecule has 4 aromatic rings. The second-order valence-electron chi connectivity index (χ2n) is 11.5. The van der Waals surface area contributed by atoms with Crippen LogP contribution in [-0.4, -0.2) is 66.7 Å². The average molecular weight is 589 g/mol. The lowest BCUT2D eigenvalue weighted by atomic mass is 9.98. The Kier molecular flexibility index (Phi) is 8.62. The van der Waals surface area contributed by atoms with Crippen LogP contribution in [0.15, 0.2) is 42.6 Å². The molecule has 2 aliphatic heterocycles. The van der Waals surface area contributed by atoms with Crippen LogP contribution >= 0.6 is 0 Å². The van der Waals surface area contributed by atoms with E-state index in [-0.39, 0.29) is 0 Å². The van der Waals surface area contributed by atoms with Gasteiger partial charge in [-0.25, -0.2) is 18.4 Å². The molecule has 6 rings (SSSR count). The number of hydrogen-bond acceptors (Lipinski definition) is 6. The van der Waals surface area contributed by atoms with E-state index in [9.17, 15) is 8.42 Å². The van der Waals surface area contributed by atoms with Gasteiger partial charge in [0.15, 0.2) is 5.82 Å². The van der Waals surface area contributed by atoms with Crippen molar-refractivity contribution in [3.05, 3.63) is 70.5 Å². The lowest BCUT2D eigenvalue weighted by Gasteiger charge is -2.38. The minimum Gasteiger partial charge on any atom is -0.366 e. The fraction of sp³-hybridized carbons (Fsp3) is 0.455. The number of rotatable bonds is 5. The van der Waals surface area contributed by atoms with Crippen LogP contribution in [0.2, 0.25) is 0 Å². The largest absolute Gasteiger partial charge is 0.366 e. The number of nitrogens with zero attached hydrogens (tertiary/aromatic N) is 5. The molecular formula is C33H44N6O2S. The van der Waals surface area contributed by atoms with Gasteiger partial charge in [-0.1, -0.05) is 52.0 Å². The predicted octanol–water partition coefficient (Wildman–Crippen LogP) is 6.04. The van der Waals surface area contributed by atoms with Crippen molar-refractivity contribution < 1.29 is 8.42 Å². The lowest BCUT2D eigenvalue weighted by Crippen LogP contribution is -2.49. The molecule has 0 unspecified atom stereocenters. The summed E-state index contributed by atoms with van der Waals surface area (Å²) < 4.78 is 26.0. The Labute approximate surface area is 250 Å². The zero-order valence-corrected chi connectivity index (χ0v) is 26.8. The smallest absolute Gasteiger partial charge is 0.211 e. The Balaban J connectivity index is 0.00000173. The SMILES string of the molecule is CC.Cc1ccc(C(C)C)cc1N1CCc2nc(-c3cccc4[nH]cc(C)c34)nc(N3CCN(S(C)(=O)=O)CC3)c2C1. The zero-order chi connectivity index (χ0) is 30.2. The molecule has 0 saturated carbocycles. The second-order valence-corrected chi connectivity index (χ2v) is 13.5. The third kappa shape index (κ3) is 5.77. The number of anilines is 2. The Morgan fingerprint density at radius 2 is 1.64 bits per heavy atom. The van der Waals surface area contributed by atoms with Crippen LogP contribution in [0.4, 0.5) is 11.5 Å². The first-order chi connectivity index (χ1) is 20.1. The molecule has 9 heteroatoms. The standard InChI is InChI=1S/C31H38N6O2S.C2H6/c1-20(2)23-10-9-21(3)28(17-23)36-12-11-26-25(19-36)31(35-13-15-37(16-14-35)40(5,38)39)34-30(33-26)24-7-6-8-27-29(24)22(4)18-32-27;1-2/h6-10,17-18,20,32H,11-16,19H2,1-5H3;1-2H3. The molecule has 1 saturated heterocycles. The summed E-state index contributed by atoms with van der Waals surface area (Å²) in [6, 6.07) is 13.0. The summed E-state index contributed by atoms with van der Waals surface area (Å²) in [5.41, 5.74) is 9.38. The van der Waals surface area contributed by atoms with Gasteiger partial charge >= 0.3 is 0 Å². The fourth-order valence-corrected chi connectivity index (χ4v) is 6.91. The third-order valence-corrected chi connectivity index (χ3v) is 9.73. The summed E-state index contributed by atoms with van der Waals surface area (Å²) in [5, 5.41) is 1.15. The van der Waals surface area contributed by atoms with Crippen molar-refractivity contribution in [1.82, 2.24) is 19.3 Å². The van der Waals surface area contributed by atoms with Gasteiger partial charge in [-0.15, -0.1) is 0 Å². The summed E-state index contributed by atoms with van der Waals surface area (Å²) >= 11 is 0. The van der Waals surface area contributed by atoms with Crippen LogP contribution in [0.5, 0.6) is 0 Å². The van der Waals surface area contributed by atoms with Crippen LogP contribution in [0, 0.1) is 13.8 Å². The monoisotopic (exact) mass is 588 g/mol. The molecule has 0 spiro atoms. The van der Waals surface area contributed by atoms with Crippen molar-refractivity contribution in [2.75, 3.05) is 48.8 Å². The number of sulfonamides is 1. The Bertz CT molecular complexity index is 1690. The van der Waals surface area contributed by atoms with Gasteiger partial charge in [-0.2, -0.15) is 4.31 Å². The van der Waals surface area contributed by atoms with Crippen molar-refractivity contribution in [2.24, 2.45) is 0 Å². The number of benzene rings is 2. The summed E-state index contributed by atoms with van der Waals surface area (Å²) in [7, 11) is -3.22. The number of aromatic nitrogens is 3. The first-order valence-corrected chi connectivity index (χ1v) is 17.0. The van der Waals surface area contributed by atoms with E-state index in [1.54, 1.807) is 4.31 Å². The van der Waals surface area contributed by atoms with Crippen molar-refractivity contribution in [2.45, 2.75) is 60.4 Å². The van der Waals surface area contributed by atoms with Gasteiger partial charge in [0, 0.05) is 79.6 Å². The van der Waals surface area contributed by atoms with E-state index in [0.717, 1.165) is 58.9 Å². The number of piperazine rings is 1. The van der Waals surface area contributed by atoms with Crippen LogP contribution in [0.1, 0.15) is 61.6 Å². The molecule has 224 valence electrons. The molecule has 1 fully saturated rings. The van der Waals surface area contributed by atoms with Gasteiger partial charge in [0.25, 0.3) is 0 Å². The zero-order valence-electron chi connectivity index (χ0n) is 26.0. The minimum atomic E-state index is -3.22. The average Bonchev–Trinajstić information content (AvgIpc) is 3.38. The maximum atomic E-state index is 12.2. The Hall–Kier alpha value is -3.43. The highest BCUT2D eigenvalue weighted by Crippen LogP contribution is 2.36. The first-order valence-electron chi connectivity index (χ1n) is 15.1. The summed E-state index contributed by atoms with van der Waals surface area (Å²) in [6.07, 6.45) is 4.15. The molecule has 1 N–H and O–H groups in total. The molecule has 4 heterocycles. The van der Waals surface area contributed by atoms with Gasteiger partial charge in [-0.05, 0) is 48.6 Å². The van der Waals surface area contributed by atoms with Crippen molar-refractivity contribution in [3.8, 4) is 11.4 Å². The third-order valence-electron chi connectivity index (χ3n) is 8.43. The molecule has 2 aromatic heterocycles. The van der Waals surface area contributed by atoms with E-state index in [0.29, 0.717) is 32.1 Å². The topological polar surface area (TPSA) is 85.4 Å². The summed E-state index contributed by atoms with van der Waals surface area (Å²) in [6.45, 7) is 16.5. The predicted molar refractivity (Wildman–Crippen MR) is 174 cm³/mol.